The van der Waals surface area contributed by atoms with Crippen molar-refractivity contribution in [3.05, 3.63) is 42.5 Å². The zero-order chi connectivity index (χ0) is 15.0. The molecular formula is C15H19NO3S. The van der Waals surface area contributed by atoms with Gasteiger partial charge in [-0.3, -0.25) is 0 Å². The summed E-state index contributed by atoms with van der Waals surface area (Å²) in [7, 11) is -2.14. The number of sulfonamides is 1. The molecule has 0 heterocycles. The molecule has 0 atom stereocenters. The molecule has 0 aliphatic rings. The molecule has 0 saturated heterocycles. The van der Waals surface area contributed by atoms with Gasteiger partial charge in [-0.2, -0.15) is 4.31 Å². The molecule has 2 aromatic carbocycles. The topological polar surface area (TPSA) is 57.6 Å². The van der Waals surface area contributed by atoms with E-state index in [4.69, 9.17) is 0 Å². The number of likely N-dealkylation sites (N-methyl/N-ethyl adjacent to an activating group) is 1. The first-order chi connectivity index (χ1) is 9.22. The van der Waals surface area contributed by atoms with Gasteiger partial charge in [0.05, 0.1) is 10.5 Å². The van der Waals surface area contributed by atoms with Crippen LogP contribution in [0.2, 0.25) is 0 Å². The number of benzene rings is 2. The summed E-state index contributed by atoms with van der Waals surface area (Å²) in [6.45, 7) is 3.21. The molecule has 2 rings (SSSR count). The van der Waals surface area contributed by atoms with Gasteiger partial charge in [0, 0.05) is 19.0 Å². The Morgan fingerprint density at radius 1 is 1.10 bits per heavy atom. The van der Waals surface area contributed by atoms with E-state index in [-0.39, 0.29) is 11.4 Å². The molecule has 108 valence electrons. The average Bonchev–Trinajstić information content (AvgIpc) is 2.36. The Hall–Kier alpha value is -1.43. The van der Waals surface area contributed by atoms with Crippen LogP contribution in [0.4, 0.5) is 0 Å². The standard InChI is InChI=1S/C15H19NO3S/c1-15(2,17)11-16(3)20(18,19)14-10-6-8-12-7-4-5-9-13(12)14/h4-10,17H,11H2,1-3H3. The number of hydrogen-bond acceptors (Lipinski definition) is 3. The maximum Gasteiger partial charge on any atom is 0.243 e. The van der Waals surface area contributed by atoms with E-state index < -0.39 is 15.6 Å². The quantitative estimate of drug-likeness (QED) is 0.940. The lowest BCUT2D eigenvalue weighted by Gasteiger charge is -2.25. The van der Waals surface area contributed by atoms with E-state index in [9.17, 15) is 13.5 Å². The zero-order valence-electron chi connectivity index (χ0n) is 11.9. The van der Waals surface area contributed by atoms with Crippen molar-refractivity contribution >= 4 is 20.8 Å². The minimum absolute atomic E-state index is 0.0402. The van der Waals surface area contributed by atoms with E-state index in [2.05, 4.69) is 0 Å². The molecule has 0 bridgehead atoms. The number of aliphatic hydroxyl groups is 1. The van der Waals surface area contributed by atoms with Gasteiger partial charge in [-0.1, -0.05) is 36.4 Å². The maximum absolute atomic E-state index is 12.6. The number of rotatable bonds is 4. The van der Waals surface area contributed by atoms with E-state index in [0.29, 0.717) is 5.39 Å². The lowest BCUT2D eigenvalue weighted by atomic mass is 10.1. The fraction of sp³-hybridized carbons (Fsp3) is 0.333. The van der Waals surface area contributed by atoms with Gasteiger partial charge < -0.3 is 5.11 Å². The predicted octanol–water partition coefficient (Wildman–Crippen LogP) is 2.23. The summed E-state index contributed by atoms with van der Waals surface area (Å²) in [6, 6.07) is 12.6. The van der Waals surface area contributed by atoms with Crippen LogP contribution in [-0.4, -0.2) is 37.0 Å². The molecule has 0 aliphatic carbocycles. The molecule has 0 radical (unpaired) electrons. The predicted molar refractivity (Wildman–Crippen MR) is 80.1 cm³/mol. The third kappa shape index (κ3) is 3.00. The lowest BCUT2D eigenvalue weighted by molar-refractivity contribution is 0.0640. The van der Waals surface area contributed by atoms with E-state index >= 15 is 0 Å². The average molecular weight is 293 g/mol. The van der Waals surface area contributed by atoms with Crippen LogP contribution in [0.5, 0.6) is 0 Å². The van der Waals surface area contributed by atoms with Crippen molar-refractivity contribution in [1.82, 2.24) is 4.31 Å². The Morgan fingerprint density at radius 3 is 2.35 bits per heavy atom. The highest BCUT2D eigenvalue weighted by Crippen LogP contribution is 2.25. The highest BCUT2D eigenvalue weighted by molar-refractivity contribution is 7.89. The Bertz CT molecular complexity index is 712. The molecule has 0 spiro atoms. The summed E-state index contributed by atoms with van der Waals surface area (Å²) in [5.74, 6) is 0. The van der Waals surface area contributed by atoms with Gasteiger partial charge >= 0.3 is 0 Å². The highest BCUT2D eigenvalue weighted by Gasteiger charge is 2.27. The third-order valence-electron chi connectivity index (χ3n) is 3.05. The smallest absolute Gasteiger partial charge is 0.243 e. The SMILES string of the molecule is CN(CC(C)(C)O)S(=O)(=O)c1cccc2ccccc12. The molecule has 0 aromatic heterocycles. The number of nitrogens with zero attached hydrogens (tertiary/aromatic N) is 1. The molecule has 0 unspecified atom stereocenters. The Kier molecular flexibility index (Phi) is 3.86. The first kappa shape index (κ1) is 15.0. The first-order valence-electron chi connectivity index (χ1n) is 6.38. The Labute approximate surface area is 119 Å². The van der Waals surface area contributed by atoms with Crippen molar-refractivity contribution in [2.24, 2.45) is 0 Å². The minimum atomic E-state index is -3.63. The second-order valence-corrected chi connectivity index (χ2v) is 7.56. The van der Waals surface area contributed by atoms with Gasteiger partial charge in [0.25, 0.3) is 0 Å². The van der Waals surface area contributed by atoms with Gasteiger partial charge in [-0.05, 0) is 25.3 Å². The van der Waals surface area contributed by atoms with Gasteiger partial charge in [0.1, 0.15) is 0 Å². The van der Waals surface area contributed by atoms with E-state index in [1.54, 1.807) is 32.0 Å². The van der Waals surface area contributed by atoms with Gasteiger partial charge in [0.15, 0.2) is 0 Å². The molecule has 20 heavy (non-hydrogen) atoms. The van der Waals surface area contributed by atoms with Crippen molar-refractivity contribution in [2.75, 3.05) is 13.6 Å². The second kappa shape index (κ2) is 5.16. The lowest BCUT2D eigenvalue weighted by Crippen LogP contribution is -2.39. The van der Waals surface area contributed by atoms with Crippen LogP contribution >= 0.6 is 0 Å². The van der Waals surface area contributed by atoms with Crippen LogP contribution in [0.1, 0.15) is 13.8 Å². The van der Waals surface area contributed by atoms with Crippen LogP contribution in [0.3, 0.4) is 0 Å². The summed E-state index contributed by atoms with van der Waals surface area (Å²) < 4.78 is 26.5. The van der Waals surface area contributed by atoms with Gasteiger partial charge in [0.2, 0.25) is 10.0 Å². The van der Waals surface area contributed by atoms with Crippen molar-refractivity contribution in [1.29, 1.82) is 0 Å². The molecule has 1 N–H and O–H groups in total. The molecule has 0 aliphatic heterocycles. The highest BCUT2D eigenvalue weighted by atomic mass is 32.2. The van der Waals surface area contributed by atoms with Crippen LogP contribution in [-0.2, 0) is 10.0 Å². The molecule has 5 heteroatoms. The summed E-state index contributed by atoms with van der Waals surface area (Å²) in [5.41, 5.74) is -1.08. The van der Waals surface area contributed by atoms with Crippen molar-refractivity contribution in [2.45, 2.75) is 24.3 Å². The molecule has 2 aromatic rings. The molecular weight excluding hydrogens is 274 g/mol. The number of hydrogen-bond donors (Lipinski definition) is 1. The first-order valence-corrected chi connectivity index (χ1v) is 7.82. The van der Waals surface area contributed by atoms with Crippen LogP contribution in [0, 0.1) is 0 Å². The summed E-state index contributed by atoms with van der Waals surface area (Å²) in [5, 5.41) is 11.4. The monoisotopic (exact) mass is 293 g/mol. The maximum atomic E-state index is 12.6. The van der Waals surface area contributed by atoms with Gasteiger partial charge in [-0.15, -0.1) is 0 Å². The van der Waals surface area contributed by atoms with E-state index in [1.165, 1.54) is 11.4 Å². The fourth-order valence-corrected chi connectivity index (χ4v) is 3.75. The molecule has 0 saturated carbocycles. The number of fused-ring (bicyclic) bond motifs is 1. The molecule has 4 nitrogen and oxygen atoms in total. The van der Waals surface area contributed by atoms with E-state index in [1.807, 2.05) is 24.3 Å². The van der Waals surface area contributed by atoms with E-state index in [0.717, 1.165) is 5.39 Å². The van der Waals surface area contributed by atoms with Crippen LogP contribution in [0.15, 0.2) is 47.4 Å². The fourth-order valence-electron chi connectivity index (χ4n) is 2.22. The third-order valence-corrected chi connectivity index (χ3v) is 4.91. The summed E-state index contributed by atoms with van der Waals surface area (Å²) >= 11 is 0. The summed E-state index contributed by atoms with van der Waals surface area (Å²) in [4.78, 5) is 0.266. The Morgan fingerprint density at radius 2 is 1.70 bits per heavy atom. The zero-order valence-corrected chi connectivity index (χ0v) is 12.7. The van der Waals surface area contributed by atoms with Crippen molar-refractivity contribution < 1.29 is 13.5 Å². The van der Waals surface area contributed by atoms with Crippen LogP contribution < -0.4 is 0 Å². The molecule has 0 fully saturated rings. The largest absolute Gasteiger partial charge is 0.389 e. The Balaban J connectivity index is 2.52. The van der Waals surface area contributed by atoms with Crippen LogP contribution in [0.25, 0.3) is 10.8 Å². The normalized spacial score (nSPS) is 13.1. The second-order valence-electron chi connectivity index (χ2n) is 5.55. The minimum Gasteiger partial charge on any atom is -0.389 e. The van der Waals surface area contributed by atoms with Gasteiger partial charge in [-0.25, -0.2) is 8.42 Å². The van der Waals surface area contributed by atoms with Crippen molar-refractivity contribution in [3.63, 3.8) is 0 Å². The summed E-state index contributed by atoms with van der Waals surface area (Å²) in [6.07, 6.45) is 0. The molecule has 0 amide bonds. The van der Waals surface area contributed by atoms with Crippen molar-refractivity contribution in [3.8, 4) is 0 Å².